The maximum absolute atomic E-state index is 4.33. The molecule has 1 atom stereocenters. The van der Waals surface area contributed by atoms with Gasteiger partial charge in [0.1, 0.15) is 0 Å². The highest BCUT2D eigenvalue weighted by Crippen LogP contribution is 2.28. The van der Waals surface area contributed by atoms with Gasteiger partial charge in [0.2, 0.25) is 0 Å². The Morgan fingerprint density at radius 1 is 1.00 bits per heavy atom. The van der Waals surface area contributed by atoms with E-state index in [4.69, 9.17) is 0 Å². The van der Waals surface area contributed by atoms with Crippen molar-refractivity contribution in [3.63, 3.8) is 0 Å². The SMILES string of the molecule is CCC(c1ccc(-c2cccc(-n3cccn3)c2)cc1)N1CCNCC1. The van der Waals surface area contributed by atoms with Gasteiger partial charge in [0.25, 0.3) is 0 Å². The van der Waals surface area contributed by atoms with Crippen molar-refractivity contribution >= 4 is 0 Å². The van der Waals surface area contributed by atoms with Crippen LogP contribution in [0.4, 0.5) is 0 Å². The third-order valence-electron chi connectivity index (χ3n) is 5.22. The van der Waals surface area contributed by atoms with Crippen molar-refractivity contribution in [1.82, 2.24) is 20.0 Å². The van der Waals surface area contributed by atoms with Gasteiger partial charge in [0, 0.05) is 44.6 Å². The summed E-state index contributed by atoms with van der Waals surface area (Å²) < 4.78 is 1.90. The van der Waals surface area contributed by atoms with E-state index in [9.17, 15) is 0 Å². The van der Waals surface area contributed by atoms with Crippen molar-refractivity contribution in [3.8, 4) is 16.8 Å². The van der Waals surface area contributed by atoms with Crippen molar-refractivity contribution in [1.29, 1.82) is 0 Å². The number of hydrogen-bond donors (Lipinski definition) is 1. The van der Waals surface area contributed by atoms with Crippen LogP contribution in [0.15, 0.2) is 67.0 Å². The fourth-order valence-electron chi connectivity index (χ4n) is 3.85. The van der Waals surface area contributed by atoms with Crippen LogP contribution in [0.2, 0.25) is 0 Å². The summed E-state index contributed by atoms with van der Waals surface area (Å²) in [6.07, 6.45) is 4.93. The van der Waals surface area contributed by atoms with Gasteiger partial charge in [0.15, 0.2) is 0 Å². The Balaban J connectivity index is 1.56. The highest BCUT2D eigenvalue weighted by atomic mass is 15.3. The third kappa shape index (κ3) is 3.57. The van der Waals surface area contributed by atoms with Crippen LogP contribution in [0.5, 0.6) is 0 Å². The second-order valence-electron chi connectivity index (χ2n) is 6.83. The van der Waals surface area contributed by atoms with E-state index in [0.29, 0.717) is 6.04 Å². The zero-order valence-electron chi connectivity index (χ0n) is 15.3. The van der Waals surface area contributed by atoms with E-state index in [1.807, 2.05) is 23.1 Å². The molecule has 4 nitrogen and oxygen atoms in total. The molecular formula is C22H26N4. The predicted molar refractivity (Wildman–Crippen MR) is 106 cm³/mol. The molecule has 1 aromatic heterocycles. The summed E-state index contributed by atoms with van der Waals surface area (Å²) >= 11 is 0. The molecule has 26 heavy (non-hydrogen) atoms. The zero-order chi connectivity index (χ0) is 17.8. The van der Waals surface area contributed by atoms with E-state index in [-0.39, 0.29) is 0 Å². The Morgan fingerprint density at radius 2 is 1.81 bits per heavy atom. The number of piperazine rings is 1. The average molecular weight is 346 g/mol. The van der Waals surface area contributed by atoms with Crippen LogP contribution in [0, 0.1) is 0 Å². The van der Waals surface area contributed by atoms with E-state index >= 15 is 0 Å². The van der Waals surface area contributed by atoms with Gasteiger partial charge < -0.3 is 5.32 Å². The van der Waals surface area contributed by atoms with Crippen molar-refractivity contribution in [3.05, 3.63) is 72.6 Å². The standard InChI is InChI=1S/C22H26N4/c1-2-22(25-15-12-23-13-16-25)19-9-7-18(8-10-19)20-5-3-6-21(17-20)26-14-4-11-24-26/h3-11,14,17,22-23H,2,12-13,15-16H2,1H3. The Bertz CT molecular complexity index is 818. The van der Waals surface area contributed by atoms with Gasteiger partial charge in [-0.2, -0.15) is 5.10 Å². The fraction of sp³-hybridized carbons (Fsp3) is 0.318. The normalized spacial score (nSPS) is 16.5. The van der Waals surface area contributed by atoms with Crippen LogP contribution in [0.3, 0.4) is 0 Å². The van der Waals surface area contributed by atoms with Gasteiger partial charge in [0.05, 0.1) is 5.69 Å². The molecule has 134 valence electrons. The van der Waals surface area contributed by atoms with Crippen molar-refractivity contribution in [2.75, 3.05) is 26.2 Å². The van der Waals surface area contributed by atoms with Crippen LogP contribution in [-0.4, -0.2) is 40.9 Å². The smallest absolute Gasteiger partial charge is 0.0651 e. The summed E-state index contributed by atoms with van der Waals surface area (Å²) in [5.74, 6) is 0. The summed E-state index contributed by atoms with van der Waals surface area (Å²) in [5, 5.41) is 7.77. The first kappa shape index (κ1) is 17.0. The second-order valence-corrected chi connectivity index (χ2v) is 6.83. The van der Waals surface area contributed by atoms with Crippen LogP contribution in [0.25, 0.3) is 16.8 Å². The zero-order valence-corrected chi connectivity index (χ0v) is 15.3. The molecule has 4 heteroatoms. The Morgan fingerprint density at radius 3 is 2.50 bits per heavy atom. The summed E-state index contributed by atoms with van der Waals surface area (Å²) in [6, 6.07) is 20.1. The molecule has 4 rings (SSSR count). The third-order valence-corrected chi connectivity index (χ3v) is 5.22. The molecule has 1 saturated heterocycles. The van der Waals surface area contributed by atoms with Crippen LogP contribution < -0.4 is 5.32 Å². The van der Waals surface area contributed by atoms with Crippen molar-refractivity contribution < 1.29 is 0 Å². The molecule has 0 radical (unpaired) electrons. The summed E-state index contributed by atoms with van der Waals surface area (Å²) in [6.45, 7) is 6.73. The average Bonchev–Trinajstić information content (AvgIpc) is 3.25. The molecule has 0 aliphatic carbocycles. The number of benzene rings is 2. The van der Waals surface area contributed by atoms with Crippen LogP contribution in [0.1, 0.15) is 24.9 Å². The van der Waals surface area contributed by atoms with Gasteiger partial charge >= 0.3 is 0 Å². The fourth-order valence-corrected chi connectivity index (χ4v) is 3.85. The van der Waals surface area contributed by atoms with Gasteiger partial charge in [-0.1, -0.05) is 43.3 Å². The lowest BCUT2D eigenvalue weighted by Gasteiger charge is -2.34. The molecule has 1 aliphatic rings. The molecule has 0 spiro atoms. The van der Waals surface area contributed by atoms with Gasteiger partial charge in [-0.25, -0.2) is 4.68 Å². The minimum atomic E-state index is 0.515. The van der Waals surface area contributed by atoms with Crippen molar-refractivity contribution in [2.45, 2.75) is 19.4 Å². The minimum Gasteiger partial charge on any atom is -0.314 e. The molecule has 1 aliphatic heterocycles. The number of nitrogens with one attached hydrogen (secondary N) is 1. The van der Waals surface area contributed by atoms with E-state index in [0.717, 1.165) is 38.3 Å². The second kappa shape index (κ2) is 7.85. The van der Waals surface area contributed by atoms with Crippen LogP contribution >= 0.6 is 0 Å². The molecule has 1 fully saturated rings. The number of rotatable bonds is 5. The maximum atomic E-state index is 4.33. The predicted octanol–water partition coefficient (Wildman–Crippen LogP) is 3.90. The van der Waals surface area contributed by atoms with Gasteiger partial charge in [-0.05, 0) is 41.3 Å². The number of aromatic nitrogens is 2. The molecule has 0 bridgehead atoms. The number of nitrogens with zero attached hydrogens (tertiary/aromatic N) is 3. The lowest BCUT2D eigenvalue weighted by Crippen LogP contribution is -2.45. The highest BCUT2D eigenvalue weighted by Gasteiger charge is 2.20. The van der Waals surface area contributed by atoms with Gasteiger partial charge in [-0.15, -0.1) is 0 Å². The topological polar surface area (TPSA) is 33.1 Å². The summed E-state index contributed by atoms with van der Waals surface area (Å²) in [5.41, 5.74) is 4.97. The molecule has 2 aromatic carbocycles. The summed E-state index contributed by atoms with van der Waals surface area (Å²) in [7, 11) is 0. The van der Waals surface area contributed by atoms with E-state index < -0.39 is 0 Å². The Labute approximate surface area is 155 Å². The van der Waals surface area contributed by atoms with E-state index in [1.54, 1.807) is 0 Å². The number of hydrogen-bond acceptors (Lipinski definition) is 3. The quantitative estimate of drug-likeness (QED) is 0.761. The maximum Gasteiger partial charge on any atom is 0.0651 e. The Hall–Kier alpha value is -2.43. The van der Waals surface area contributed by atoms with E-state index in [1.165, 1.54) is 16.7 Å². The lowest BCUT2D eigenvalue weighted by atomic mass is 9.98. The summed E-state index contributed by atoms with van der Waals surface area (Å²) in [4.78, 5) is 2.60. The lowest BCUT2D eigenvalue weighted by molar-refractivity contribution is 0.169. The van der Waals surface area contributed by atoms with Crippen LogP contribution in [-0.2, 0) is 0 Å². The molecule has 1 N–H and O–H groups in total. The molecule has 2 heterocycles. The molecular weight excluding hydrogens is 320 g/mol. The first-order chi connectivity index (χ1) is 12.8. The molecule has 1 unspecified atom stereocenters. The largest absolute Gasteiger partial charge is 0.314 e. The Kier molecular flexibility index (Phi) is 5.14. The first-order valence-electron chi connectivity index (χ1n) is 9.50. The monoisotopic (exact) mass is 346 g/mol. The van der Waals surface area contributed by atoms with Gasteiger partial charge in [-0.3, -0.25) is 4.90 Å². The molecule has 3 aromatic rings. The minimum absolute atomic E-state index is 0.515. The van der Waals surface area contributed by atoms with Crippen molar-refractivity contribution in [2.24, 2.45) is 0 Å². The molecule has 0 amide bonds. The molecule has 0 saturated carbocycles. The van der Waals surface area contributed by atoms with E-state index in [2.05, 4.69) is 70.8 Å². The highest BCUT2D eigenvalue weighted by molar-refractivity contribution is 5.66. The first-order valence-corrected chi connectivity index (χ1v) is 9.50.